The van der Waals surface area contributed by atoms with Gasteiger partial charge < -0.3 is 19.3 Å². The summed E-state index contributed by atoms with van der Waals surface area (Å²) in [4.78, 5) is 28.8. The molecule has 0 N–H and O–H groups in total. The van der Waals surface area contributed by atoms with Gasteiger partial charge in [-0.1, -0.05) is 0 Å². The first-order valence-corrected chi connectivity index (χ1v) is 11.4. The maximum atomic E-state index is 13.0. The molecule has 2 amide bonds. The zero-order valence-electron chi connectivity index (χ0n) is 16.7. The lowest BCUT2D eigenvalue weighted by atomic mass is 10.1. The molecule has 4 rings (SSSR count). The third-order valence-electron chi connectivity index (χ3n) is 5.29. The van der Waals surface area contributed by atoms with Crippen LogP contribution in [0, 0.1) is 5.92 Å². The lowest BCUT2D eigenvalue weighted by molar-refractivity contribution is -0.124. The molecule has 2 heterocycles. The van der Waals surface area contributed by atoms with Crippen molar-refractivity contribution in [3.05, 3.63) is 42.5 Å². The molecule has 2 aromatic carbocycles. The Kier molecular flexibility index (Phi) is 5.15. The number of fused-ring (bicyclic) bond motifs is 1. The summed E-state index contributed by atoms with van der Waals surface area (Å²) in [6, 6.07) is 11.4. The molecule has 0 spiro atoms. The molecule has 2 aliphatic rings. The minimum absolute atomic E-state index is 0.110. The van der Waals surface area contributed by atoms with E-state index in [4.69, 9.17) is 9.47 Å². The van der Waals surface area contributed by atoms with Gasteiger partial charge in [0.2, 0.25) is 11.8 Å². The van der Waals surface area contributed by atoms with Crippen molar-refractivity contribution in [3.63, 3.8) is 0 Å². The number of anilines is 2. The van der Waals surface area contributed by atoms with E-state index in [-0.39, 0.29) is 29.7 Å². The molecule has 0 aromatic heterocycles. The Labute approximate surface area is 174 Å². The molecule has 8 nitrogen and oxygen atoms in total. The highest BCUT2D eigenvalue weighted by Gasteiger charge is 2.37. The van der Waals surface area contributed by atoms with Crippen LogP contribution in [0.3, 0.4) is 0 Å². The van der Waals surface area contributed by atoms with E-state index in [2.05, 4.69) is 0 Å². The molecule has 9 heteroatoms. The third kappa shape index (κ3) is 3.85. The summed E-state index contributed by atoms with van der Waals surface area (Å²) in [7, 11) is -1.69. The molecule has 0 radical (unpaired) electrons. The van der Waals surface area contributed by atoms with Gasteiger partial charge in [0.25, 0.3) is 0 Å². The van der Waals surface area contributed by atoms with Gasteiger partial charge in [-0.05, 0) is 36.4 Å². The Bertz CT molecular complexity index is 1100. The summed E-state index contributed by atoms with van der Waals surface area (Å²) in [6.45, 7) is 1.21. The maximum absolute atomic E-state index is 13.0. The largest absolute Gasteiger partial charge is 0.486 e. The van der Waals surface area contributed by atoms with Crippen LogP contribution in [-0.4, -0.2) is 53.3 Å². The van der Waals surface area contributed by atoms with Gasteiger partial charge in [0.15, 0.2) is 21.3 Å². The van der Waals surface area contributed by atoms with Gasteiger partial charge in [0, 0.05) is 43.7 Å². The van der Waals surface area contributed by atoms with Gasteiger partial charge in [0.05, 0.1) is 10.8 Å². The molecular formula is C21H22N2O6S. The normalized spacial score (nSPS) is 18.4. The summed E-state index contributed by atoms with van der Waals surface area (Å²) >= 11 is 0. The number of rotatable bonds is 4. The van der Waals surface area contributed by atoms with Crippen LogP contribution in [-0.2, 0) is 19.4 Å². The van der Waals surface area contributed by atoms with E-state index in [1.54, 1.807) is 42.3 Å². The number of ether oxygens (including phenoxy) is 2. The second kappa shape index (κ2) is 7.64. The van der Waals surface area contributed by atoms with E-state index in [0.29, 0.717) is 36.1 Å². The van der Waals surface area contributed by atoms with E-state index in [9.17, 15) is 18.0 Å². The van der Waals surface area contributed by atoms with Crippen LogP contribution in [0.15, 0.2) is 47.4 Å². The molecule has 2 aliphatic heterocycles. The van der Waals surface area contributed by atoms with Gasteiger partial charge in [-0.3, -0.25) is 9.59 Å². The van der Waals surface area contributed by atoms with Crippen molar-refractivity contribution in [2.75, 3.05) is 42.9 Å². The van der Waals surface area contributed by atoms with Crippen LogP contribution in [0.4, 0.5) is 11.4 Å². The Hall–Kier alpha value is -3.07. The van der Waals surface area contributed by atoms with Gasteiger partial charge in [-0.2, -0.15) is 0 Å². The fourth-order valence-electron chi connectivity index (χ4n) is 3.64. The van der Waals surface area contributed by atoms with E-state index in [1.165, 1.54) is 17.0 Å². The number of carbonyl (C=O) groups excluding carboxylic acids is 2. The highest BCUT2D eigenvalue weighted by molar-refractivity contribution is 7.90. The topological polar surface area (TPSA) is 93.2 Å². The molecule has 0 bridgehead atoms. The molecular weight excluding hydrogens is 408 g/mol. The second-order valence-corrected chi connectivity index (χ2v) is 9.41. The van der Waals surface area contributed by atoms with Crippen molar-refractivity contribution in [1.29, 1.82) is 0 Å². The predicted octanol–water partition coefficient (Wildman–Crippen LogP) is 1.88. The molecule has 30 heavy (non-hydrogen) atoms. The van der Waals surface area contributed by atoms with Crippen molar-refractivity contribution in [2.45, 2.75) is 11.3 Å². The van der Waals surface area contributed by atoms with Crippen LogP contribution in [0.5, 0.6) is 11.5 Å². The molecule has 158 valence electrons. The standard InChI is InChI=1S/C21H22N2O6S/c1-22(15-3-6-17(7-4-15)30(2,26)27)21(25)14-11-20(24)23(13-14)16-5-8-18-19(12-16)29-10-9-28-18/h3-8,12,14H,9-11,13H2,1-2H3. The predicted molar refractivity (Wildman–Crippen MR) is 111 cm³/mol. The first-order chi connectivity index (χ1) is 14.2. The van der Waals surface area contributed by atoms with Gasteiger partial charge in [0.1, 0.15) is 13.2 Å². The first-order valence-electron chi connectivity index (χ1n) is 9.52. The average Bonchev–Trinajstić information content (AvgIpc) is 3.13. The smallest absolute Gasteiger partial charge is 0.232 e. The number of carbonyl (C=O) groups is 2. The fourth-order valence-corrected chi connectivity index (χ4v) is 4.27. The number of benzene rings is 2. The van der Waals surface area contributed by atoms with Crippen molar-refractivity contribution >= 4 is 33.0 Å². The van der Waals surface area contributed by atoms with Crippen LogP contribution in [0.1, 0.15) is 6.42 Å². The minimum Gasteiger partial charge on any atom is -0.486 e. The van der Waals surface area contributed by atoms with Gasteiger partial charge in [-0.25, -0.2) is 8.42 Å². The van der Waals surface area contributed by atoms with Crippen molar-refractivity contribution in [1.82, 2.24) is 0 Å². The Morgan fingerprint density at radius 1 is 1.07 bits per heavy atom. The SMILES string of the molecule is CN(C(=O)C1CC(=O)N(c2ccc3c(c2)OCCO3)C1)c1ccc(S(C)(=O)=O)cc1. The Morgan fingerprint density at radius 3 is 2.40 bits per heavy atom. The van der Waals surface area contributed by atoms with E-state index in [0.717, 1.165) is 6.26 Å². The molecule has 1 saturated heterocycles. The second-order valence-electron chi connectivity index (χ2n) is 7.40. The summed E-state index contributed by atoms with van der Waals surface area (Å²) in [5, 5.41) is 0. The van der Waals surface area contributed by atoms with Crippen LogP contribution in [0.25, 0.3) is 0 Å². The Balaban J connectivity index is 1.49. The zero-order valence-corrected chi connectivity index (χ0v) is 17.5. The first kappa shape index (κ1) is 20.2. The minimum atomic E-state index is -3.31. The quantitative estimate of drug-likeness (QED) is 0.735. The fraction of sp³-hybridized carbons (Fsp3) is 0.333. The summed E-state index contributed by atoms with van der Waals surface area (Å²) in [6.07, 6.45) is 1.24. The van der Waals surface area contributed by atoms with Crippen molar-refractivity contribution in [3.8, 4) is 11.5 Å². The van der Waals surface area contributed by atoms with E-state index >= 15 is 0 Å². The number of amides is 2. The van der Waals surface area contributed by atoms with Crippen molar-refractivity contribution in [2.24, 2.45) is 5.92 Å². The molecule has 0 aliphatic carbocycles. The molecule has 1 unspecified atom stereocenters. The third-order valence-corrected chi connectivity index (χ3v) is 6.42. The lowest BCUT2D eigenvalue weighted by Gasteiger charge is -2.23. The number of nitrogens with zero attached hydrogens (tertiary/aromatic N) is 2. The number of hydrogen-bond donors (Lipinski definition) is 0. The number of hydrogen-bond acceptors (Lipinski definition) is 6. The van der Waals surface area contributed by atoms with Crippen LogP contribution in [0.2, 0.25) is 0 Å². The molecule has 2 aromatic rings. The van der Waals surface area contributed by atoms with Crippen LogP contribution < -0.4 is 19.3 Å². The Morgan fingerprint density at radius 2 is 1.73 bits per heavy atom. The van der Waals surface area contributed by atoms with E-state index in [1.807, 2.05) is 0 Å². The highest BCUT2D eigenvalue weighted by atomic mass is 32.2. The lowest BCUT2D eigenvalue weighted by Crippen LogP contribution is -2.34. The van der Waals surface area contributed by atoms with E-state index < -0.39 is 15.8 Å². The van der Waals surface area contributed by atoms with Crippen LogP contribution >= 0.6 is 0 Å². The average molecular weight is 430 g/mol. The summed E-state index contributed by atoms with van der Waals surface area (Å²) < 4.78 is 34.3. The van der Waals surface area contributed by atoms with Crippen molar-refractivity contribution < 1.29 is 27.5 Å². The maximum Gasteiger partial charge on any atom is 0.232 e. The molecule has 1 fully saturated rings. The zero-order chi connectivity index (χ0) is 21.5. The molecule has 0 saturated carbocycles. The monoisotopic (exact) mass is 430 g/mol. The summed E-state index contributed by atoms with van der Waals surface area (Å²) in [5.74, 6) is 0.401. The summed E-state index contributed by atoms with van der Waals surface area (Å²) in [5.41, 5.74) is 1.23. The highest BCUT2D eigenvalue weighted by Crippen LogP contribution is 2.36. The molecule has 1 atom stereocenters. The van der Waals surface area contributed by atoms with Gasteiger partial charge in [-0.15, -0.1) is 0 Å². The van der Waals surface area contributed by atoms with Gasteiger partial charge >= 0.3 is 0 Å². The number of sulfone groups is 1.